The molecule has 94 valence electrons. The van der Waals surface area contributed by atoms with Gasteiger partial charge >= 0.3 is 0 Å². The van der Waals surface area contributed by atoms with Crippen LogP contribution in [0.15, 0.2) is 6.07 Å². The lowest BCUT2D eigenvalue weighted by Crippen LogP contribution is -2.33. The summed E-state index contributed by atoms with van der Waals surface area (Å²) in [6.45, 7) is 2.30. The van der Waals surface area contributed by atoms with Gasteiger partial charge in [0, 0.05) is 26.6 Å². The van der Waals surface area contributed by atoms with Crippen LogP contribution in [-0.4, -0.2) is 36.5 Å². The van der Waals surface area contributed by atoms with E-state index in [1.54, 1.807) is 25.1 Å². The highest BCUT2D eigenvalue weighted by Gasteiger charge is 2.10. The minimum absolute atomic E-state index is 0.0701. The maximum Gasteiger partial charge on any atom is 0.239 e. The van der Waals surface area contributed by atoms with Gasteiger partial charge in [0.25, 0.3) is 0 Å². The zero-order valence-corrected chi connectivity index (χ0v) is 11.1. The predicted octanol–water partition coefficient (Wildman–Crippen LogP) is 1.26. The van der Waals surface area contributed by atoms with Crippen molar-refractivity contribution >= 4 is 23.3 Å². The number of carbonyl (C=O) groups is 1. The van der Waals surface area contributed by atoms with Crippen molar-refractivity contribution in [1.29, 1.82) is 0 Å². The van der Waals surface area contributed by atoms with Crippen LogP contribution in [0.3, 0.4) is 0 Å². The van der Waals surface area contributed by atoms with Crippen molar-refractivity contribution in [3.63, 3.8) is 0 Å². The highest BCUT2D eigenvalue weighted by atomic mass is 35.5. The van der Waals surface area contributed by atoms with Crippen molar-refractivity contribution in [3.8, 4) is 0 Å². The van der Waals surface area contributed by atoms with Gasteiger partial charge in [0.15, 0.2) is 0 Å². The van der Waals surface area contributed by atoms with Gasteiger partial charge in [-0.15, -0.1) is 0 Å². The summed E-state index contributed by atoms with van der Waals surface area (Å²) in [5, 5.41) is 2.97. The van der Waals surface area contributed by atoms with Gasteiger partial charge in [0.05, 0.1) is 6.54 Å². The summed E-state index contributed by atoms with van der Waals surface area (Å²) in [6, 6.07) is 1.66. The van der Waals surface area contributed by atoms with E-state index in [1.165, 1.54) is 0 Å². The molecule has 5 nitrogen and oxygen atoms in total. The number of aryl methyl sites for hydroxylation is 1. The first-order chi connectivity index (χ1) is 8.06. The number of amides is 1. The third-order valence-corrected chi connectivity index (χ3v) is 2.45. The smallest absolute Gasteiger partial charge is 0.239 e. The summed E-state index contributed by atoms with van der Waals surface area (Å²) < 4.78 is 0. The summed E-state index contributed by atoms with van der Waals surface area (Å²) in [4.78, 5) is 21.5. The van der Waals surface area contributed by atoms with Crippen molar-refractivity contribution in [2.45, 2.75) is 19.8 Å². The molecule has 0 bridgehead atoms. The van der Waals surface area contributed by atoms with Gasteiger partial charge in [-0.05, 0) is 6.42 Å². The minimum atomic E-state index is -0.0701. The van der Waals surface area contributed by atoms with E-state index >= 15 is 0 Å². The fourth-order valence-electron chi connectivity index (χ4n) is 1.36. The molecule has 0 aliphatic rings. The third kappa shape index (κ3) is 4.19. The molecule has 0 atom stereocenters. The van der Waals surface area contributed by atoms with Crippen LogP contribution in [0.4, 0.5) is 5.82 Å². The maximum atomic E-state index is 11.3. The van der Waals surface area contributed by atoms with Crippen LogP contribution in [0.1, 0.15) is 19.2 Å². The molecule has 1 aromatic rings. The Morgan fingerprint density at radius 3 is 2.82 bits per heavy atom. The Morgan fingerprint density at radius 1 is 1.53 bits per heavy atom. The molecule has 1 rings (SSSR count). The molecular formula is C11H17ClN4O. The molecule has 0 aromatic carbocycles. The van der Waals surface area contributed by atoms with Crippen LogP contribution in [0.25, 0.3) is 0 Å². The zero-order chi connectivity index (χ0) is 12.8. The van der Waals surface area contributed by atoms with Gasteiger partial charge in [-0.25, -0.2) is 9.97 Å². The molecule has 0 unspecified atom stereocenters. The minimum Gasteiger partial charge on any atom is -0.358 e. The molecule has 0 radical (unpaired) electrons. The van der Waals surface area contributed by atoms with E-state index in [4.69, 9.17) is 11.6 Å². The number of aromatic nitrogens is 2. The fraction of sp³-hybridized carbons (Fsp3) is 0.545. The van der Waals surface area contributed by atoms with Crippen molar-refractivity contribution in [2.75, 3.05) is 25.5 Å². The average molecular weight is 257 g/mol. The van der Waals surface area contributed by atoms with Gasteiger partial charge in [-0.2, -0.15) is 0 Å². The molecular weight excluding hydrogens is 240 g/mol. The van der Waals surface area contributed by atoms with Crippen LogP contribution in [-0.2, 0) is 11.2 Å². The molecule has 6 heteroatoms. The van der Waals surface area contributed by atoms with Gasteiger partial charge in [-0.3, -0.25) is 4.79 Å². The van der Waals surface area contributed by atoms with Crippen LogP contribution in [0.2, 0.25) is 5.15 Å². The van der Waals surface area contributed by atoms with Crippen molar-refractivity contribution in [2.24, 2.45) is 0 Å². The van der Waals surface area contributed by atoms with E-state index in [0.717, 1.165) is 12.8 Å². The average Bonchev–Trinajstić information content (AvgIpc) is 2.28. The Hall–Kier alpha value is -1.36. The summed E-state index contributed by atoms with van der Waals surface area (Å²) >= 11 is 5.92. The molecule has 1 heterocycles. The first-order valence-corrected chi connectivity index (χ1v) is 5.89. The SMILES string of the molecule is CCCc1nc(Cl)cc(N(C)CC(=O)NC)n1. The number of nitrogens with one attached hydrogen (secondary N) is 1. The third-order valence-electron chi connectivity index (χ3n) is 2.25. The topological polar surface area (TPSA) is 58.1 Å². The number of anilines is 1. The number of hydrogen-bond donors (Lipinski definition) is 1. The first kappa shape index (κ1) is 13.7. The standard InChI is InChI=1S/C11H17ClN4O/c1-4-5-9-14-8(12)6-10(15-9)16(3)7-11(17)13-2/h6H,4-5,7H2,1-3H3,(H,13,17). The van der Waals surface area contributed by atoms with Gasteiger partial charge in [-0.1, -0.05) is 18.5 Å². The number of hydrogen-bond acceptors (Lipinski definition) is 4. The van der Waals surface area contributed by atoms with E-state index in [2.05, 4.69) is 22.2 Å². The van der Waals surface area contributed by atoms with E-state index in [1.807, 2.05) is 0 Å². The number of halogens is 1. The largest absolute Gasteiger partial charge is 0.358 e. The second-order valence-electron chi connectivity index (χ2n) is 3.74. The predicted molar refractivity (Wildman–Crippen MR) is 68.4 cm³/mol. The number of likely N-dealkylation sites (N-methyl/N-ethyl adjacent to an activating group) is 2. The highest BCUT2D eigenvalue weighted by Crippen LogP contribution is 2.15. The molecule has 0 aliphatic carbocycles. The Morgan fingerprint density at radius 2 is 2.24 bits per heavy atom. The lowest BCUT2D eigenvalue weighted by molar-refractivity contribution is -0.119. The van der Waals surface area contributed by atoms with Crippen LogP contribution < -0.4 is 10.2 Å². The van der Waals surface area contributed by atoms with Crippen LogP contribution in [0, 0.1) is 0 Å². The number of carbonyl (C=O) groups excluding carboxylic acids is 1. The number of rotatable bonds is 5. The van der Waals surface area contributed by atoms with E-state index < -0.39 is 0 Å². The van der Waals surface area contributed by atoms with Crippen LogP contribution >= 0.6 is 11.6 Å². The van der Waals surface area contributed by atoms with E-state index in [-0.39, 0.29) is 12.5 Å². The van der Waals surface area contributed by atoms with Gasteiger partial charge < -0.3 is 10.2 Å². The highest BCUT2D eigenvalue weighted by molar-refractivity contribution is 6.29. The Bertz CT molecular complexity index is 397. The summed E-state index contributed by atoms with van der Waals surface area (Å²) in [6.07, 6.45) is 1.74. The monoisotopic (exact) mass is 256 g/mol. The molecule has 0 saturated heterocycles. The first-order valence-electron chi connectivity index (χ1n) is 5.52. The summed E-state index contributed by atoms with van der Waals surface area (Å²) in [7, 11) is 3.40. The maximum absolute atomic E-state index is 11.3. The van der Waals surface area contributed by atoms with Gasteiger partial charge in [0.2, 0.25) is 5.91 Å². The summed E-state index contributed by atoms with van der Waals surface area (Å²) in [5.41, 5.74) is 0. The Labute approximate surface area is 106 Å². The van der Waals surface area contributed by atoms with Crippen LogP contribution in [0.5, 0.6) is 0 Å². The van der Waals surface area contributed by atoms with E-state index in [0.29, 0.717) is 16.8 Å². The molecule has 17 heavy (non-hydrogen) atoms. The lowest BCUT2D eigenvalue weighted by atomic mass is 10.3. The Kier molecular flexibility index (Phi) is 5.15. The molecule has 0 aliphatic heterocycles. The molecule has 1 N–H and O–H groups in total. The van der Waals surface area contributed by atoms with E-state index in [9.17, 15) is 4.79 Å². The van der Waals surface area contributed by atoms with Gasteiger partial charge in [0.1, 0.15) is 16.8 Å². The quantitative estimate of drug-likeness (QED) is 0.806. The second-order valence-corrected chi connectivity index (χ2v) is 4.13. The molecule has 1 amide bonds. The van der Waals surface area contributed by atoms with Crippen molar-refractivity contribution in [3.05, 3.63) is 17.0 Å². The molecule has 0 saturated carbocycles. The molecule has 0 fully saturated rings. The number of nitrogens with zero attached hydrogens (tertiary/aromatic N) is 3. The Balaban J connectivity index is 2.85. The lowest BCUT2D eigenvalue weighted by Gasteiger charge is -2.17. The summed E-state index contributed by atoms with van der Waals surface area (Å²) in [5.74, 6) is 1.30. The van der Waals surface area contributed by atoms with Crippen molar-refractivity contribution < 1.29 is 4.79 Å². The fourth-order valence-corrected chi connectivity index (χ4v) is 1.55. The molecule has 1 aromatic heterocycles. The molecule has 0 spiro atoms. The normalized spacial score (nSPS) is 10.1. The second kappa shape index (κ2) is 6.39. The van der Waals surface area contributed by atoms with Crippen molar-refractivity contribution in [1.82, 2.24) is 15.3 Å². The zero-order valence-electron chi connectivity index (χ0n) is 10.3.